The van der Waals surface area contributed by atoms with E-state index in [1.165, 1.54) is 6.42 Å². The molecule has 5 heteroatoms. The van der Waals surface area contributed by atoms with Crippen molar-refractivity contribution in [2.24, 2.45) is 0 Å². The highest BCUT2D eigenvalue weighted by Gasteiger charge is 2.03. The van der Waals surface area contributed by atoms with Crippen molar-refractivity contribution in [1.82, 2.24) is 20.2 Å². The van der Waals surface area contributed by atoms with Crippen LogP contribution in [0.2, 0.25) is 0 Å². The van der Waals surface area contributed by atoms with Crippen LogP contribution in [0, 0.1) is 0 Å². The number of anilines is 1. The van der Waals surface area contributed by atoms with E-state index in [1.807, 2.05) is 24.3 Å². The standard InChI is InChI=1S/C11H15N5/c1-2-3-8-12-10-6-4-5-7-11(10)16-9-13-14-15-16/h4-7,9,12H,2-3,8H2,1H3. The topological polar surface area (TPSA) is 55.6 Å². The number of nitrogens with one attached hydrogen (secondary N) is 1. The van der Waals surface area contributed by atoms with Crippen LogP contribution in [0.4, 0.5) is 5.69 Å². The van der Waals surface area contributed by atoms with Crippen molar-refractivity contribution in [3.05, 3.63) is 30.6 Å². The number of para-hydroxylation sites is 2. The average Bonchev–Trinajstić information content (AvgIpc) is 2.83. The Hall–Kier alpha value is -1.91. The number of hydrogen-bond acceptors (Lipinski definition) is 4. The van der Waals surface area contributed by atoms with E-state index >= 15 is 0 Å². The molecule has 1 heterocycles. The number of benzene rings is 1. The Kier molecular flexibility index (Phi) is 3.48. The Morgan fingerprint density at radius 1 is 1.31 bits per heavy atom. The molecule has 0 atom stereocenters. The van der Waals surface area contributed by atoms with Gasteiger partial charge in [0.15, 0.2) is 0 Å². The Morgan fingerprint density at radius 3 is 2.94 bits per heavy atom. The summed E-state index contributed by atoms with van der Waals surface area (Å²) in [6.07, 6.45) is 3.93. The van der Waals surface area contributed by atoms with E-state index < -0.39 is 0 Å². The molecule has 2 aromatic rings. The van der Waals surface area contributed by atoms with Crippen molar-refractivity contribution in [2.45, 2.75) is 19.8 Å². The largest absolute Gasteiger partial charge is 0.383 e. The zero-order chi connectivity index (χ0) is 11.2. The second-order valence-corrected chi connectivity index (χ2v) is 3.55. The third-order valence-electron chi connectivity index (χ3n) is 2.35. The molecule has 0 aliphatic carbocycles. The third-order valence-corrected chi connectivity index (χ3v) is 2.35. The first-order valence-corrected chi connectivity index (χ1v) is 5.48. The van der Waals surface area contributed by atoms with Gasteiger partial charge in [-0.3, -0.25) is 0 Å². The molecule has 1 aromatic heterocycles. The summed E-state index contributed by atoms with van der Waals surface area (Å²) in [5.74, 6) is 0. The lowest BCUT2D eigenvalue weighted by molar-refractivity contribution is 0.786. The minimum atomic E-state index is 0.968. The summed E-state index contributed by atoms with van der Waals surface area (Å²) in [5.41, 5.74) is 2.03. The first-order valence-electron chi connectivity index (χ1n) is 5.48. The Labute approximate surface area is 94.5 Å². The number of hydrogen-bond donors (Lipinski definition) is 1. The van der Waals surface area contributed by atoms with Gasteiger partial charge in [-0.1, -0.05) is 25.5 Å². The maximum absolute atomic E-state index is 3.89. The first kappa shape index (κ1) is 10.6. The maximum Gasteiger partial charge on any atom is 0.143 e. The van der Waals surface area contributed by atoms with Crippen molar-refractivity contribution >= 4 is 5.69 Å². The minimum Gasteiger partial charge on any atom is -0.383 e. The van der Waals surface area contributed by atoms with Crippen LogP contribution in [0.15, 0.2) is 30.6 Å². The number of unbranched alkanes of at least 4 members (excludes halogenated alkanes) is 1. The van der Waals surface area contributed by atoms with Crippen LogP contribution in [0.3, 0.4) is 0 Å². The molecule has 0 aliphatic rings. The molecular weight excluding hydrogens is 202 g/mol. The van der Waals surface area contributed by atoms with Crippen molar-refractivity contribution in [2.75, 3.05) is 11.9 Å². The van der Waals surface area contributed by atoms with Gasteiger partial charge in [-0.15, -0.1) is 5.10 Å². The molecule has 0 saturated carbocycles. The molecule has 1 N–H and O–H groups in total. The summed E-state index contributed by atoms with van der Waals surface area (Å²) < 4.78 is 1.66. The first-order chi connectivity index (χ1) is 7.92. The molecule has 0 fully saturated rings. The Balaban J connectivity index is 2.18. The van der Waals surface area contributed by atoms with Crippen LogP contribution in [0.25, 0.3) is 5.69 Å². The predicted molar refractivity (Wildman–Crippen MR) is 62.6 cm³/mol. The number of aromatic nitrogens is 4. The molecule has 0 unspecified atom stereocenters. The molecule has 5 nitrogen and oxygen atoms in total. The van der Waals surface area contributed by atoms with E-state index in [4.69, 9.17) is 0 Å². The van der Waals surface area contributed by atoms with Gasteiger partial charge >= 0.3 is 0 Å². The lowest BCUT2D eigenvalue weighted by atomic mass is 10.2. The van der Waals surface area contributed by atoms with Gasteiger partial charge in [-0.25, -0.2) is 0 Å². The molecular formula is C11H15N5. The fraction of sp³-hybridized carbons (Fsp3) is 0.364. The maximum atomic E-state index is 3.89. The third kappa shape index (κ3) is 2.36. The van der Waals surface area contributed by atoms with Crippen molar-refractivity contribution in [3.63, 3.8) is 0 Å². The van der Waals surface area contributed by atoms with Crippen LogP contribution < -0.4 is 5.32 Å². The monoisotopic (exact) mass is 217 g/mol. The SMILES string of the molecule is CCCCNc1ccccc1-n1cnnn1. The van der Waals surface area contributed by atoms with Crippen LogP contribution in [0.1, 0.15) is 19.8 Å². The minimum absolute atomic E-state index is 0.968. The second kappa shape index (κ2) is 5.25. The summed E-state index contributed by atoms with van der Waals surface area (Å²) >= 11 is 0. The number of rotatable bonds is 5. The van der Waals surface area contributed by atoms with Gasteiger partial charge in [-0.05, 0) is 29.0 Å². The highest BCUT2D eigenvalue weighted by atomic mass is 15.5. The van der Waals surface area contributed by atoms with Crippen molar-refractivity contribution in [1.29, 1.82) is 0 Å². The van der Waals surface area contributed by atoms with Crippen LogP contribution in [0.5, 0.6) is 0 Å². The highest BCUT2D eigenvalue weighted by molar-refractivity contribution is 5.60. The van der Waals surface area contributed by atoms with E-state index in [2.05, 4.69) is 27.8 Å². The average molecular weight is 217 g/mol. The van der Waals surface area contributed by atoms with Crippen LogP contribution >= 0.6 is 0 Å². The van der Waals surface area contributed by atoms with Crippen molar-refractivity contribution in [3.8, 4) is 5.69 Å². The van der Waals surface area contributed by atoms with E-state index in [1.54, 1.807) is 11.0 Å². The van der Waals surface area contributed by atoms with Gasteiger partial charge in [0.1, 0.15) is 6.33 Å². The zero-order valence-corrected chi connectivity index (χ0v) is 9.30. The Bertz CT molecular complexity index is 424. The summed E-state index contributed by atoms with van der Waals surface area (Å²) in [6.45, 7) is 3.14. The molecule has 0 bridgehead atoms. The fourth-order valence-electron chi connectivity index (χ4n) is 1.49. The molecule has 0 aliphatic heterocycles. The van der Waals surface area contributed by atoms with E-state index in [0.717, 1.165) is 24.3 Å². The van der Waals surface area contributed by atoms with Gasteiger partial charge in [0.2, 0.25) is 0 Å². The van der Waals surface area contributed by atoms with E-state index in [9.17, 15) is 0 Å². The van der Waals surface area contributed by atoms with Crippen LogP contribution in [-0.4, -0.2) is 26.8 Å². The smallest absolute Gasteiger partial charge is 0.143 e. The summed E-state index contributed by atoms with van der Waals surface area (Å²) in [5, 5.41) is 14.6. The highest BCUT2D eigenvalue weighted by Crippen LogP contribution is 2.18. The Morgan fingerprint density at radius 2 is 2.19 bits per heavy atom. The fourth-order valence-corrected chi connectivity index (χ4v) is 1.49. The molecule has 0 saturated heterocycles. The quantitative estimate of drug-likeness (QED) is 0.777. The molecule has 16 heavy (non-hydrogen) atoms. The normalized spacial score (nSPS) is 10.3. The van der Waals surface area contributed by atoms with Gasteiger partial charge in [0, 0.05) is 6.54 Å². The molecule has 0 radical (unpaired) electrons. The lowest BCUT2D eigenvalue weighted by Crippen LogP contribution is -2.06. The van der Waals surface area contributed by atoms with Gasteiger partial charge in [-0.2, -0.15) is 4.68 Å². The molecule has 84 valence electrons. The van der Waals surface area contributed by atoms with E-state index in [-0.39, 0.29) is 0 Å². The zero-order valence-electron chi connectivity index (χ0n) is 9.30. The second-order valence-electron chi connectivity index (χ2n) is 3.55. The molecule has 0 spiro atoms. The predicted octanol–water partition coefficient (Wildman–Crippen LogP) is 1.87. The van der Waals surface area contributed by atoms with Crippen molar-refractivity contribution < 1.29 is 0 Å². The summed E-state index contributed by atoms with van der Waals surface area (Å²) in [7, 11) is 0. The number of nitrogens with zero attached hydrogens (tertiary/aromatic N) is 4. The van der Waals surface area contributed by atoms with Gasteiger partial charge in [0.05, 0.1) is 11.4 Å². The molecule has 0 amide bonds. The van der Waals surface area contributed by atoms with Gasteiger partial charge in [0.25, 0.3) is 0 Å². The number of tetrazole rings is 1. The lowest BCUT2D eigenvalue weighted by Gasteiger charge is -2.10. The van der Waals surface area contributed by atoms with E-state index in [0.29, 0.717) is 0 Å². The van der Waals surface area contributed by atoms with Gasteiger partial charge < -0.3 is 5.32 Å². The van der Waals surface area contributed by atoms with Crippen LogP contribution in [-0.2, 0) is 0 Å². The summed E-state index contributed by atoms with van der Waals surface area (Å²) in [6, 6.07) is 8.00. The molecule has 1 aromatic carbocycles. The summed E-state index contributed by atoms with van der Waals surface area (Å²) in [4.78, 5) is 0. The molecule has 2 rings (SSSR count).